The van der Waals surface area contributed by atoms with Gasteiger partial charge in [-0.25, -0.2) is 4.98 Å². The lowest BCUT2D eigenvalue weighted by Gasteiger charge is -2.04. The largest absolute Gasteiger partial charge is 0.338 e. The molecular weight excluding hydrogens is 270 g/mol. The Kier molecular flexibility index (Phi) is 3.17. The molecule has 0 saturated heterocycles. The highest BCUT2D eigenvalue weighted by Gasteiger charge is 2.13. The molecule has 2 aromatic heterocycles. The first kappa shape index (κ1) is 13.3. The van der Waals surface area contributed by atoms with Gasteiger partial charge in [-0.05, 0) is 13.0 Å². The van der Waals surface area contributed by atoms with E-state index in [9.17, 15) is 10.1 Å². The highest BCUT2D eigenvalue weighted by molar-refractivity contribution is 5.84. The fraction of sp³-hybridized carbons (Fsp3) is 0.286. The van der Waals surface area contributed by atoms with Crippen LogP contribution < -0.4 is 0 Å². The van der Waals surface area contributed by atoms with Gasteiger partial charge in [-0.3, -0.25) is 14.8 Å². The maximum absolute atomic E-state index is 10.8. The van der Waals surface area contributed by atoms with Crippen molar-refractivity contribution in [1.29, 1.82) is 0 Å². The lowest BCUT2D eigenvalue weighted by atomic mass is 10.2. The van der Waals surface area contributed by atoms with Gasteiger partial charge in [0.2, 0.25) is 0 Å². The summed E-state index contributed by atoms with van der Waals surface area (Å²) in [6, 6.07) is 4.86. The van der Waals surface area contributed by atoms with Crippen LogP contribution in [0.3, 0.4) is 0 Å². The Balaban J connectivity index is 1.93. The van der Waals surface area contributed by atoms with Crippen molar-refractivity contribution in [2.75, 3.05) is 0 Å². The third kappa shape index (κ3) is 2.37. The minimum Gasteiger partial charge on any atom is -0.338 e. The van der Waals surface area contributed by atoms with Crippen molar-refractivity contribution in [2.45, 2.75) is 19.9 Å². The molecule has 1 aromatic carbocycles. The van der Waals surface area contributed by atoms with E-state index >= 15 is 0 Å². The quantitative estimate of drug-likeness (QED) is 0.544. The molecule has 0 aliphatic heterocycles. The second-order valence-electron chi connectivity index (χ2n) is 5.01. The molecule has 0 amide bonds. The summed E-state index contributed by atoms with van der Waals surface area (Å²) in [7, 11) is 1.96. The van der Waals surface area contributed by atoms with E-state index in [0.29, 0.717) is 6.54 Å². The molecule has 0 aliphatic carbocycles. The molecule has 7 heteroatoms. The van der Waals surface area contributed by atoms with E-state index in [1.165, 1.54) is 6.07 Å². The Hall–Kier alpha value is -2.70. The minimum atomic E-state index is -0.383. The standard InChI is InChI=1S/C14H15N5O2/c1-10-13-7-11(19(20)21)3-4-14(13)18(16-10)6-5-12-8-15-9-17(12)2/h3-4,7-9H,5-6H2,1-2H3. The molecule has 0 atom stereocenters. The van der Waals surface area contributed by atoms with E-state index in [4.69, 9.17) is 0 Å². The van der Waals surface area contributed by atoms with Gasteiger partial charge in [-0.15, -0.1) is 0 Å². The number of nitro groups is 1. The van der Waals surface area contributed by atoms with Crippen LogP contribution in [0, 0.1) is 17.0 Å². The zero-order valence-corrected chi connectivity index (χ0v) is 11.9. The molecule has 3 aromatic rings. The molecule has 0 spiro atoms. The molecule has 21 heavy (non-hydrogen) atoms. The molecule has 2 heterocycles. The molecule has 0 saturated carbocycles. The Bertz CT molecular complexity index is 818. The number of nitrogens with zero attached hydrogens (tertiary/aromatic N) is 5. The number of hydrogen-bond acceptors (Lipinski definition) is 4. The lowest BCUT2D eigenvalue weighted by Crippen LogP contribution is -2.05. The fourth-order valence-corrected chi connectivity index (χ4v) is 2.46. The van der Waals surface area contributed by atoms with E-state index in [1.54, 1.807) is 18.5 Å². The Labute approximate surface area is 121 Å². The number of nitro benzene ring substituents is 1. The lowest BCUT2D eigenvalue weighted by molar-refractivity contribution is -0.384. The van der Waals surface area contributed by atoms with Crippen LogP contribution in [0.15, 0.2) is 30.7 Å². The van der Waals surface area contributed by atoms with E-state index in [1.807, 2.05) is 29.4 Å². The van der Waals surface area contributed by atoms with E-state index in [-0.39, 0.29) is 10.6 Å². The average Bonchev–Trinajstić information content (AvgIpc) is 3.00. The maximum atomic E-state index is 10.8. The van der Waals surface area contributed by atoms with Gasteiger partial charge < -0.3 is 4.57 Å². The number of aromatic nitrogens is 4. The van der Waals surface area contributed by atoms with Crippen molar-refractivity contribution in [2.24, 2.45) is 7.05 Å². The topological polar surface area (TPSA) is 78.8 Å². The molecule has 7 nitrogen and oxygen atoms in total. The van der Waals surface area contributed by atoms with Crippen molar-refractivity contribution in [3.05, 3.63) is 52.2 Å². The number of rotatable bonds is 4. The molecule has 0 N–H and O–H groups in total. The Morgan fingerprint density at radius 3 is 2.86 bits per heavy atom. The molecule has 0 bridgehead atoms. The summed E-state index contributed by atoms with van der Waals surface area (Å²) in [6.45, 7) is 2.58. The van der Waals surface area contributed by atoms with E-state index in [0.717, 1.165) is 28.7 Å². The van der Waals surface area contributed by atoms with Crippen LogP contribution in [0.2, 0.25) is 0 Å². The molecule has 108 valence electrons. The zero-order valence-electron chi connectivity index (χ0n) is 11.9. The number of non-ortho nitro benzene ring substituents is 1. The van der Waals surface area contributed by atoms with Gasteiger partial charge in [0.15, 0.2) is 0 Å². The summed E-state index contributed by atoms with van der Waals surface area (Å²) in [5.74, 6) is 0. The highest BCUT2D eigenvalue weighted by Crippen LogP contribution is 2.23. The van der Waals surface area contributed by atoms with Crippen LogP contribution in [-0.4, -0.2) is 24.3 Å². The van der Waals surface area contributed by atoms with E-state index in [2.05, 4.69) is 10.1 Å². The smallest absolute Gasteiger partial charge is 0.270 e. The SMILES string of the molecule is Cc1nn(CCc2cncn2C)c2ccc([N+](=O)[O-])cc12. The zero-order chi connectivity index (χ0) is 15.0. The van der Waals surface area contributed by atoms with Gasteiger partial charge >= 0.3 is 0 Å². The van der Waals surface area contributed by atoms with Gasteiger partial charge in [0, 0.05) is 49.4 Å². The molecular formula is C14H15N5O2. The third-order valence-electron chi connectivity index (χ3n) is 3.63. The maximum Gasteiger partial charge on any atom is 0.270 e. The van der Waals surface area contributed by atoms with Crippen molar-refractivity contribution < 1.29 is 4.92 Å². The van der Waals surface area contributed by atoms with Gasteiger partial charge in [0.05, 0.1) is 22.5 Å². The van der Waals surface area contributed by atoms with Crippen molar-refractivity contribution in [3.8, 4) is 0 Å². The number of hydrogen-bond donors (Lipinski definition) is 0. The molecule has 0 radical (unpaired) electrons. The van der Waals surface area contributed by atoms with Crippen molar-refractivity contribution in [1.82, 2.24) is 19.3 Å². The predicted molar refractivity (Wildman–Crippen MR) is 78.0 cm³/mol. The van der Waals surface area contributed by atoms with Gasteiger partial charge in [0.25, 0.3) is 5.69 Å². The molecule has 0 fully saturated rings. The normalized spacial score (nSPS) is 11.1. The molecule has 3 rings (SSSR count). The summed E-state index contributed by atoms with van der Waals surface area (Å²) in [5.41, 5.74) is 2.94. The molecule has 0 unspecified atom stereocenters. The summed E-state index contributed by atoms with van der Waals surface area (Å²) in [6.07, 6.45) is 4.41. The van der Waals surface area contributed by atoms with Crippen LogP contribution in [0.4, 0.5) is 5.69 Å². The van der Waals surface area contributed by atoms with Gasteiger partial charge in [-0.2, -0.15) is 5.10 Å². The predicted octanol–water partition coefficient (Wildman–Crippen LogP) is 2.23. The summed E-state index contributed by atoms with van der Waals surface area (Å²) in [4.78, 5) is 14.6. The second kappa shape index (κ2) is 5.01. The van der Waals surface area contributed by atoms with E-state index < -0.39 is 0 Å². The monoisotopic (exact) mass is 285 g/mol. The van der Waals surface area contributed by atoms with Crippen LogP contribution in [-0.2, 0) is 20.0 Å². The van der Waals surface area contributed by atoms with Crippen LogP contribution in [0.1, 0.15) is 11.4 Å². The van der Waals surface area contributed by atoms with Crippen LogP contribution in [0.5, 0.6) is 0 Å². The number of fused-ring (bicyclic) bond motifs is 1. The highest BCUT2D eigenvalue weighted by atomic mass is 16.6. The first-order valence-electron chi connectivity index (χ1n) is 6.63. The fourth-order valence-electron chi connectivity index (χ4n) is 2.46. The number of aryl methyl sites for hydroxylation is 4. The van der Waals surface area contributed by atoms with Crippen molar-refractivity contribution >= 4 is 16.6 Å². The average molecular weight is 285 g/mol. The minimum absolute atomic E-state index is 0.0942. The van der Waals surface area contributed by atoms with Crippen molar-refractivity contribution in [3.63, 3.8) is 0 Å². The second-order valence-corrected chi connectivity index (χ2v) is 5.01. The van der Waals surface area contributed by atoms with Gasteiger partial charge in [-0.1, -0.05) is 0 Å². The summed E-state index contributed by atoms with van der Waals surface area (Å²) >= 11 is 0. The Morgan fingerprint density at radius 1 is 1.38 bits per heavy atom. The van der Waals surface area contributed by atoms with Gasteiger partial charge in [0.1, 0.15) is 0 Å². The Morgan fingerprint density at radius 2 is 2.19 bits per heavy atom. The number of imidazole rings is 1. The molecule has 0 aliphatic rings. The summed E-state index contributed by atoms with van der Waals surface area (Å²) < 4.78 is 3.87. The first-order valence-corrected chi connectivity index (χ1v) is 6.63. The summed E-state index contributed by atoms with van der Waals surface area (Å²) in [5, 5.41) is 16.2. The third-order valence-corrected chi connectivity index (χ3v) is 3.63. The van der Waals surface area contributed by atoms with Crippen LogP contribution >= 0.6 is 0 Å². The number of benzene rings is 1. The first-order chi connectivity index (χ1) is 10.1. The van der Waals surface area contributed by atoms with Crippen LogP contribution in [0.25, 0.3) is 10.9 Å².